The normalized spacial score (nSPS) is 15.5. The number of ether oxygens (including phenoxy) is 1. The van der Waals surface area contributed by atoms with Crippen LogP contribution in [0.5, 0.6) is 5.75 Å². The Bertz CT molecular complexity index is 666. The monoisotopic (exact) mass is 411 g/mol. The Kier molecular flexibility index (Phi) is 11.6. The van der Waals surface area contributed by atoms with Crippen LogP contribution in [0.4, 0.5) is 0 Å². The fourth-order valence-corrected chi connectivity index (χ4v) is 4.18. The molecule has 30 heavy (non-hydrogen) atoms. The first-order valence-corrected chi connectivity index (χ1v) is 12.2. The standard InChI is InChI=1S/C29H47O/c1-10-29(9,30-28-21-25(6)20-26(7)27(28)8)19-13-18-24(5)17-12-16-23(4)15-11-14-22(2)3/h1,21-24H,11-19H2,2-9H3/t23?,24?,29-/m0/s1. The fraction of sp³-hybridized carbons (Fsp3) is 0.724. The van der Waals surface area contributed by atoms with E-state index in [0.717, 1.165) is 53.0 Å². The molecule has 0 aliphatic rings. The zero-order chi connectivity index (χ0) is 22.7. The van der Waals surface area contributed by atoms with Crippen LogP contribution in [-0.2, 0) is 0 Å². The summed E-state index contributed by atoms with van der Waals surface area (Å²) in [5, 5.41) is 0. The van der Waals surface area contributed by atoms with Crippen molar-refractivity contribution >= 4 is 0 Å². The van der Waals surface area contributed by atoms with Crippen molar-refractivity contribution in [3.63, 3.8) is 0 Å². The highest BCUT2D eigenvalue weighted by Crippen LogP contribution is 2.30. The van der Waals surface area contributed by atoms with Crippen molar-refractivity contribution < 1.29 is 4.74 Å². The van der Waals surface area contributed by atoms with Crippen molar-refractivity contribution in [2.24, 2.45) is 17.8 Å². The second-order valence-corrected chi connectivity index (χ2v) is 10.4. The van der Waals surface area contributed by atoms with Crippen molar-refractivity contribution in [1.82, 2.24) is 0 Å². The number of rotatable bonds is 14. The van der Waals surface area contributed by atoms with Gasteiger partial charge in [0.1, 0.15) is 5.75 Å². The molecule has 1 aromatic carbocycles. The van der Waals surface area contributed by atoms with Gasteiger partial charge in [-0.15, -0.1) is 6.42 Å². The van der Waals surface area contributed by atoms with Gasteiger partial charge in [-0.2, -0.15) is 0 Å². The van der Waals surface area contributed by atoms with E-state index >= 15 is 0 Å². The molecule has 1 heteroatoms. The smallest absolute Gasteiger partial charge is 0.166 e. The van der Waals surface area contributed by atoms with Gasteiger partial charge < -0.3 is 4.74 Å². The summed E-state index contributed by atoms with van der Waals surface area (Å²) in [4.78, 5) is 0. The van der Waals surface area contributed by atoms with E-state index in [1.54, 1.807) is 0 Å². The summed E-state index contributed by atoms with van der Waals surface area (Å²) in [6, 6.07) is 5.41. The summed E-state index contributed by atoms with van der Waals surface area (Å²) >= 11 is 0. The predicted octanol–water partition coefficient (Wildman–Crippen LogP) is 8.62. The molecule has 169 valence electrons. The van der Waals surface area contributed by atoms with Crippen LogP contribution in [0.15, 0.2) is 6.07 Å². The van der Waals surface area contributed by atoms with Crippen molar-refractivity contribution in [2.75, 3.05) is 0 Å². The van der Waals surface area contributed by atoms with Gasteiger partial charge >= 0.3 is 0 Å². The molecule has 0 aromatic heterocycles. The maximum atomic E-state index is 6.34. The number of aryl methyl sites for hydroxylation is 2. The van der Waals surface area contributed by atoms with Crippen LogP contribution >= 0.6 is 0 Å². The molecule has 0 spiro atoms. The van der Waals surface area contributed by atoms with Crippen molar-refractivity contribution in [2.45, 2.75) is 119 Å². The molecule has 0 N–H and O–H groups in total. The molecule has 0 saturated heterocycles. The lowest BCUT2D eigenvalue weighted by Crippen LogP contribution is -2.31. The third-order valence-corrected chi connectivity index (χ3v) is 6.53. The molecule has 0 heterocycles. The summed E-state index contributed by atoms with van der Waals surface area (Å²) in [6.45, 7) is 17.7. The summed E-state index contributed by atoms with van der Waals surface area (Å²) in [7, 11) is 0. The van der Waals surface area contributed by atoms with Gasteiger partial charge in [-0.25, -0.2) is 0 Å². The molecule has 1 radical (unpaired) electrons. The molecule has 1 nitrogen and oxygen atoms in total. The molecule has 3 atom stereocenters. The summed E-state index contributed by atoms with van der Waals surface area (Å²) in [5.41, 5.74) is 2.82. The maximum absolute atomic E-state index is 6.34. The lowest BCUT2D eigenvalue weighted by molar-refractivity contribution is 0.134. The van der Waals surface area contributed by atoms with Crippen LogP contribution in [0, 0.1) is 56.9 Å². The third-order valence-electron chi connectivity index (χ3n) is 6.53. The average Bonchev–Trinajstić information content (AvgIpc) is 2.65. The summed E-state index contributed by atoms with van der Waals surface area (Å²) < 4.78 is 6.34. The Morgan fingerprint density at radius 3 is 2.00 bits per heavy atom. The Balaban J connectivity index is 2.37. The molecule has 0 bridgehead atoms. The molecular formula is C29H47O. The zero-order valence-corrected chi connectivity index (χ0v) is 21.2. The van der Waals surface area contributed by atoms with E-state index in [0.29, 0.717) is 0 Å². The van der Waals surface area contributed by atoms with E-state index in [4.69, 9.17) is 11.2 Å². The highest BCUT2D eigenvalue weighted by Gasteiger charge is 2.24. The maximum Gasteiger partial charge on any atom is 0.166 e. The lowest BCUT2D eigenvalue weighted by Gasteiger charge is -2.27. The van der Waals surface area contributed by atoms with Gasteiger partial charge in [0, 0.05) is 0 Å². The van der Waals surface area contributed by atoms with Crippen LogP contribution in [0.1, 0.15) is 109 Å². The molecular weight excluding hydrogens is 364 g/mol. The number of hydrogen-bond donors (Lipinski definition) is 0. The van der Waals surface area contributed by atoms with Gasteiger partial charge in [0.2, 0.25) is 0 Å². The Morgan fingerprint density at radius 2 is 1.47 bits per heavy atom. The molecule has 1 rings (SSSR count). The van der Waals surface area contributed by atoms with E-state index < -0.39 is 5.60 Å². The van der Waals surface area contributed by atoms with E-state index in [9.17, 15) is 0 Å². The topological polar surface area (TPSA) is 9.23 Å². The Morgan fingerprint density at radius 1 is 0.933 bits per heavy atom. The Hall–Kier alpha value is -1.42. The van der Waals surface area contributed by atoms with Crippen LogP contribution in [0.2, 0.25) is 0 Å². The largest absolute Gasteiger partial charge is 0.475 e. The third kappa shape index (κ3) is 10.1. The van der Waals surface area contributed by atoms with Gasteiger partial charge in [0.05, 0.1) is 0 Å². The molecule has 1 aromatic rings. The van der Waals surface area contributed by atoms with Gasteiger partial charge in [-0.3, -0.25) is 0 Å². The zero-order valence-electron chi connectivity index (χ0n) is 21.2. The van der Waals surface area contributed by atoms with Gasteiger partial charge in [0.15, 0.2) is 5.60 Å². The highest BCUT2D eigenvalue weighted by molar-refractivity contribution is 5.42. The minimum absolute atomic E-state index is 0.546. The SMILES string of the molecule is C#C[C@@](C)(CCCC(C)CCCC(C)CCCC(C)C)Oc1cc(C)[c]c(C)c1C. The van der Waals surface area contributed by atoms with Gasteiger partial charge in [0.25, 0.3) is 0 Å². The second-order valence-electron chi connectivity index (χ2n) is 10.4. The van der Waals surface area contributed by atoms with E-state index in [1.807, 2.05) is 0 Å². The molecule has 0 saturated carbocycles. The summed E-state index contributed by atoms with van der Waals surface area (Å²) in [5.74, 6) is 6.29. The second kappa shape index (κ2) is 13.1. The van der Waals surface area contributed by atoms with E-state index in [-0.39, 0.29) is 0 Å². The molecule has 0 fully saturated rings. The fourth-order valence-electron chi connectivity index (χ4n) is 4.18. The first-order valence-electron chi connectivity index (χ1n) is 12.2. The first kappa shape index (κ1) is 26.6. The minimum Gasteiger partial charge on any atom is -0.475 e. The molecule has 2 unspecified atom stereocenters. The van der Waals surface area contributed by atoms with Gasteiger partial charge in [-0.1, -0.05) is 78.6 Å². The minimum atomic E-state index is -0.546. The van der Waals surface area contributed by atoms with Crippen molar-refractivity contribution in [3.05, 3.63) is 28.8 Å². The highest BCUT2D eigenvalue weighted by atomic mass is 16.5. The van der Waals surface area contributed by atoms with Crippen LogP contribution < -0.4 is 4.74 Å². The number of terminal acetylenes is 1. The average molecular weight is 412 g/mol. The molecule has 0 amide bonds. The van der Waals surface area contributed by atoms with Gasteiger partial charge in [-0.05, 0) is 87.1 Å². The van der Waals surface area contributed by atoms with Crippen LogP contribution in [0.25, 0.3) is 0 Å². The molecule has 0 aliphatic carbocycles. The first-order chi connectivity index (χ1) is 14.1. The number of benzene rings is 1. The quantitative estimate of drug-likeness (QED) is 0.278. The van der Waals surface area contributed by atoms with E-state index in [1.165, 1.54) is 44.9 Å². The van der Waals surface area contributed by atoms with Crippen molar-refractivity contribution in [1.29, 1.82) is 0 Å². The Labute approximate surface area is 188 Å². The molecule has 0 aliphatic heterocycles. The predicted molar refractivity (Wildman–Crippen MR) is 132 cm³/mol. The lowest BCUT2D eigenvalue weighted by atomic mass is 9.90. The number of hydrogen-bond acceptors (Lipinski definition) is 1. The van der Waals surface area contributed by atoms with E-state index in [2.05, 4.69) is 73.4 Å². The summed E-state index contributed by atoms with van der Waals surface area (Å²) in [6.07, 6.45) is 17.3. The van der Waals surface area contributed by atoms with Crippen LogP contribution in [-0.4, -0.2) is 5.60 Å². The van der Waals surface area contributed by atoms with Crippen molar-refractivity contribution in [3.8, 4) is 18.1 Å². The van der Waals surface area contributed by atoms with Crippen LogP contribution in [0.3, 0.4) is 0 Å².